The number of fused-ring (bicyclic) bond motifs is 1. The highest BCUT2D eigenvalue weighted by atomic mass is 79.9. The van der Waals surface area contributed by atoms with Crippen LogP contribution in [0.15, 0.2) is 53.0 Å². The fourth-order valence-corrected chi connectivity index (χ4v) is 3.21. The molecule has 0 radical (unpaired) electrons. The van der Waals surface area contributed by atoms with Gasteiger partial charge in [-0.15, -0.1) is 12.4 Å². The average Bonchev–Trinajstić information content (AvgIpc) is 3.15. The summed E-state index contributed by atoms with van der Waals surface area (Å²) in [7, 11) is 0. The van der Waals surface area contributed by atoms with Crippen molar-refractivity contribution in [2.45, 2.75) is 18.9 Å². The molecule has 2 heterocycles. The first-order valence-corrected chi connectivity index (χ1v) is 9.22. The Bertz CT molecular complexity index is 869. The van der Waals surface area contributed by atoms with E-state index in [1.54, 1.807) is 0 Å². The minimum absolute atomic E-state index is 0. The summed E-state index contributed by atoms with van der Waals surface area (Å²) in [6.45, 7) is 1.62. The zero-order valence-electron chi connectivity index (χ0n) is 14.1. The van der Waals surface area contributed by atoms with Crippen LogP contribution >= 0.6 is 28.3 Å². The molecule has 0 amide bonds. The number of anilines is 3. The quantitative estimate of drug-likeness (QED) is 0.580. The maximum Gasteiger partial charge on any atom is 0.229 e. The second kappa shape index (κ2) is 8.66. The molecule has 7 heteroatoms. The number of ether oxygens (including phenoxy) is 1. The summed E-state index contributed by atoms with van der Waals surface area (Å²) < 4.78 is 6.74. The van der Waals surface area contributed by atoms with Gasteiger partial charge in [0.2, 0.25) is 5.95 Å². The lowest BCUT2D eigenvalue weighted by atomic mass is 10.2. The number of aromatic nitrogens is 2. The van der Waals surface area contributed by atoms with Gasteiger partial charge in [0, 0.05) is 28.7 Å². The van der Waals surface area contributed by atoms with Crippen LogP contribution in [0.5, 0.6) is 0 Å². The van der Waals surface area contributed by atoms with Gasteiger partial charge in [0.25, 0.3) is 0 Å². The topological polar surface area (TPSA) is 59.1 Å². The number of hydrogen-bond acceptors (Lipinski definition) is 5. The maximum atomic E-state index is 5.70. The molecule has 0 aliphatic carbocycles. The molecule has 1 atom stereocenters. The van der Waals surface area contributed by atoms with Crippen molar-refractivity contribution < 1.29 is 4.74 Å². The van der Waals surface area contributed by atoms with E-state index in [0.29, 0.717) is 5.95 Å². The Labute approximate surface area is 167 Å². The normalized spacial score (nSPS) is 16.3. The summed E-state index contributed by atoms with van der Waals surface area (Å²) in [4.78, 5) is 9.31. The van der Waals surface area contributed by atoms with E-state index >= 15 is 0 Å². The van der Waals surface area contributed by atoms with E-state index in [1.807, 2.05) is 48.5 Å². The zero-order valence-corrected chi connectivity index (χ0v) is 16.5. The predicted octanol–water partition coefficient (Wildman–Crippen LogP) is 5.15. The molecule has 136 valence electrons. The van der Waals surface area contributed by atoms with Crippen LogP contribution in [0.1, 0.15) is 12.8 Å². The third-order valence-electron chi connectivity index (χ3n) is 4.22. The van der Waals surface area contributed by atoms with Crippen LogP contribution in [0.4, 0.5) is 17.5 Å². The molecule has 0 bridgehead atoms. The van der Waals surface area contributed by atoms with E-state index in [1.165, 1.54) is 0 Å². The predicted molar refractivity (Wildman–Crippen MR) is 112 cm³/mol. The molecule has 26 heavy (non-hydrogen) atoms. The van der Waals surface area contributed by atoms with Gasteiger partial charge in [-0.3, -0.25) is 0 Å². The van der Waals surface area contributed by atoms with Crippen LogP contribution in [-0.2, 0) is 4.74 Å². The van der Waals surface area contributed by atoms with Crippen LogP contribution in [-0.4, -0.2) is 29.2 Å². The molecule has 3 aromatic rings. The van der Waals surface area contributed by atoms with Crippen LogP contribution in [0.25, 0.3) is 10.9 Å². The van der Waals surface area contributed by atoms with Gasteiger partial charge >= 0.3 is 0 Å². The number of benzene rings is 2. The van der Waals surface area contributed by atoms with Crippen molar-refractivity contribution in [1.29, 1.82) is 0 Å². The van der Waals surface area contributed by atoms with E-state index in [9.17, 15) is 0 Å². The largest absolute Gasteiger partial charge is 0.376 e. The van der Waals surface area contributed by atoms with Crippen molar-refractivity contribution in [1.82, 2.24) is 9.97 Å². The number of para-hydroxylation sites is 1. The van der Waals surface area contributed by atoms with Gasteiger partial charge in [-0.2, -0.15) is 4.98 Å². The Kier molecular flexibility index (Phi) is 6.29. The molecule has 0 saturated carbocycles. The van der Waals surface area contributed by atoms with Crippen molar-refractivity contribution in [2.24, 2.45) is 0 Å². The summed E-state index contributed by atoms with van der Waals surface area (Å²) in [5.74, 6) is 1.41. The molecule has 4 rings (SSSR count). The van der Waals surface area contributed by atoms with Gasteiger partial charge in [-0.05, 0) is 49.2 Å². The lowest BCUT2D eigenvalue weighted by Crippen LogP contribution is -2.19. The Balaban J connectivity index is 0.00000196. The first-order valence-electron chi connectivity index (χ1n) is 8.43. The third kappa shape index (κ3) is 4.44. The number of nitrogens with zero attached hydrogens (tertiary/aromatic N) is 2. The molecule has 1 saturated heterocycles. The second-order valence-electron chi connectivity index (χ2n) is 6.06. The summed E-state index contributed by atoms with van der Waals surface area (Å²) in [6, 6.07) is 16.0. The highest BCUT2D eigenvalue weighted by Gasteiger charge is 2.16. The lowest BCUT2D eigenvalue weighted by molar-refractivity contribution is 0.120. The van der Waals surface area contributed by atoms with Crippen molar-refractivity contribution in [3.8, 4) is 0 Å². The number of halogens is 2. The highest BCUT2D eigenvalue weighted by Crippen LogP contribution is 2.25. The number of rotatable bonds is 5. The van der Waals surface area contributed by atoms with E-state index in [2.05, 4.69) is 36.5 Å². The van der Waals surface area contributed by atoms with Crippen LogP contribution in [0, 0.1) is 0 Å². The molecule has 0 spiro atoms. The zero-order chi connectivity index (χ0) is 17.1. The fourth-order valence-electron chi connectivity index (χ4n) is 2.95. The van der Waals surface area contributed by atoms with Crippen LogP contribution in [0.3, 0.4) is 0 Å². The van der Waals surface area contributed by atoms with Crippen molar-refractivity contribution in [2.75, 3.05) is 23.8 Å². The van der Waals surface area contributed by atoms with Crippen LogP contribution < -0.4 is 10.6 Å². The lowest BCUT2D eigenvalue weighted by Gasteiger charge is -2.14. The minimum Gasteiger partial charge on any atom is -0.376 e. The summed E-state index contributed by atoms with van der Waals surface area (Å²) >= 11 is 3.45. The molecular weight excluding hydrogens is 416 g/mol. The molecule has 2 N–H and O–H groups in total. The molecule has 2 aromatic carbocycles. The van der Waals surface area contributed by atoms with Gasteiger partial charge in [0.05, 0.1) is 11.6 Å². The summed E-state index contributed by atoms with van der Waals surface area (Å²) in [6.07, 6.45) is 2.49. The number of nitrogens with one attached hydrogen (secondary N) is 2. The minimum atomic E-state index is 0. The Hall–Kier alpha value is -1.89. The van der Waals surface area contributed by atoms with E-state index in [0.717, 1.165) is 52.9 Å². The van der Waals surface area contributed by atoms with E-state index in [-0.39, 0.29) is 18.5 Å². The molecule has 1 aliphatic heterocycles. The molecule has 1 aromatic heterocycles. The Morgan fingerprint density at radius 1 is 1.08 bits per heavy atom. The molecule has 1 unspecified atom stereocenters. The standard InChI is InChI=1S/C19H19BrN4O.ClH/c20-13-7-9-14(10-8-13)22-19-23-17-6-2-1-5-16(17)18(24-19)21-12-15-4-3-11-25-15;/h1-2,5-10,15H,3-4,11-12H2,(H2,21,22,23,24);1H. The molecule has 1 aliphatic rings. The van der Waals surface area contributed by atoms with Crippen molar-refractivity contribution >= 4 is 56.7 Å². The Morgan fingerprint density at radius 3 is 2.65 bits per heavy atom. The second-order valence-corrected chi connectivity index (χ2v) is 6.98. The fraction of sp³-hybridized carbons (Fsp3) is 0.263. The van der Waals surface area contributed by atoms with Crippen molar-refractivity contribution in [3.63, 3.8) is 0 Å². The average molecular weight is 436 g/mol. The summed E-state index contributed by atoms with van der Waals surface area (Å²) in [5.41, 5.74) is 1.86. The molecule has 5 nitrogen and oxygen atoms in total. The first-order chi connectivity index (χ1) is 12.3. The van der Waals surface area contributed by atoms with Crippen molar-refractivity contribution in [3.05, 3.63) is 53.0 Å². The van der Waals surface area contributed by atoms with Gasteiger partial charge in [0.15, 0.2) is 0 Å². The Morgan fingerprint density at radius 2 is 1.88 bits per heavy atom. The van der Waals surface area contributed by atoms with Gasteiger partial charge in [-0.1, -0.05) is 28.1 Å². The third-order valence-corrected chi connectivity index (χ3v) is 4.75. The first kappa shape index (κ1) is 18.9. The number of hydrogen-bond donors (Lipinski definition) is 2. The van der Waals surface area contributed by atoms with Crippen LogP contribution in [0.2, 0.25) is 0 Å². The van der Waals surface area contributed by atoms with Gasteiger partial charge in [0.1, 0.15) is 5.82 Å². The van der Waals surface area contributed by atoms with E-state index in [4.69, 9.17) is 4.74 Å². The monoisotopic (exact) mass is 434 g/mol. The molecule has 1 fully saturated rings. The van der Waals surface area contributed by atoms with E-state index < -0.39 is 0 Å². The molecular formula is C19H20BrClN4O. The summed E-state index contributed by atoms with van der Waals surface area (Å²) in [5, 5.41) is 7.73. The highest BCUT2D eigenvalue weighted by molar-refractivity contribution is 9.10. The SMILES string of the molecule is Brc1ccc(Nc2nc(NCC3CCCO3)c3ccccc3n2)cc1.Cl. The maximum absolute atomic E-state index is 5.70. The van der Waals surface area contributed by atoms with Gasteiger partial charge in [-0.25, -0.2) is 4.98 Å². The van der Waals surface area contributed by atoms with Gasteiger partial charge < -0.3 is 15.4 Å². The smallest absolute Gasteiger partial charge is 0.229 e.